The molecule has 1 amide bonds. The summed E-state index contributed by atoms with van der Waals surface area (Å²) >= 11 is 0. The summed E-state index contributed by atoms with van der Waals surface area (Å²) in [4.78, 5) is 12.4. The van der Waals surface area contributed by atoms with Crippen LogP contribution in [0.2, 0.25) is 0 Å². The number of nitrogens with one attached hydrogen (secondary N) is 1. The molecule has 1 saturated heterocycles. The van der Waals surface area contributed by atoms with Gasteiger partial charge >= 0.3 is 6.18 Å². The highest BCUT2D eigenvalue weighted by atomic mass is 32.2. The minimum Gasteiger partial charge on any atom is -0.307 e. The van der Waals surface area contributed by atoms with Crippen LogP contribution in [0.3, 0.4) is 0 Å². The lowest BCUT2D eigenvalue weighted by atomic mass is 10.1. The summed E-state index contributed by atoms with van der Waals surface area (Å²) in [6, 6.07) is 5.52. The highest BCUT2D eigenvalue weighted by Crippen LogP contribution is 2.33. The van der Waals surface area contributed by atoms with Crippen LogP contribution in [0.1, 0.15) is 34.1 Å². The minimum atomic E-state index is -4.66. The second-order valence-corrected chi connectivity index (χ2v) is 8.40. The van der Waals surface area contributed by atoms with Crippen molar-refractivity contribution in [2.45, 2.75) is 25.6 Å². The Morgan fingerprint density at radius 2 is 2.00 bits per heavy atom. The maximum absolute atomic E-state index is 13.1. The van der Waals surface area contributed by atoms with Gasteiger partial charge < -0.3 is 5.32 Å². The second-order valence-electron chi connectivity index (χ2n) is 6.17. The normalized spacial score (nSPS) is 19.5. The largest absolute Gasteiger partial charge is 0.417 e. The molecule has 1 aromatic carbocycles. The molecule has 10 heteroatoms. The van der Waals surface area contributed by atoms with Crippen LogP contribution >= 0.6 is 0 Å². The Hall–Kier alpha value is -2.36. The van der Waals surface area contributed by atoms with Crippen molar-refractivity contribution in [2.75, 3.05) is 16.8 Å². The molecular formula is C16H16F3N3O3S. The van der Waals surface area contributed by atoms with Crippen molar-refractivity contribution in [1.82, 2.24) is 9.78 Å². The van der Waals surface area contributed by atoms with Crippen LogP contribution in [0.15, 0.2) is 30.3 Å². The van der Waals surface area contributed by atoms with Crippen LogP contribution in [0, 0.1) is 6.92 Å². The molecule has 1 unspecified atom stereocenters. The number of carbonyl (C=O) groups is 1. The molecule has 1 N–H and O–H groups in total. The lowest BCUT2D eigenvalue weighted by Crippen LogP contribution is -2.22. The molecule has 26 heavy (non-hydrogen) atoms. The summed E-state index contributed by atoms with van der Waals surface area (Å²) in [6.45, 7) is 1.65. The summed E-state index contributed by atoms with van der Waals surface area (Å²) in [5, 5.41) is 6.62. The average molecular weight is 387 g/mol. The fraction of sp³-hybridized carbons (Fsp3) is 0.375. The molecule has 1 aromatic heterocycles. The van der Waals surface area contributed by atoms with Gasteiger partial charge in [-0.2, -0.15) is 18.3 Å². The first-order valence-corrected chi connectivity index (χ1v) is 9.63. The van der Waals surface area contributed by atoms with Crippen molar-refractivity contribution in [3.63, 3.8) is 0 Å². The molecule has 140 valence electrons. The lowest BCUT2D eigenvalue weighted by Gasteiger charge is -2.15. The van der Waals surface area contributed by atoms with E-state index in [1.165, 1.54) is 22.9 Å². The summed E-state index contributed by atoms with van der Waals surface area (Å²) < 4.78 is 64.0. The molecule has 6 nitrogen and oxygen atoms in total. The Balaban J connectivity index is 1.90. The fourth-order valence-electron chi connectivity index (χ4n) is 2.97. The smallest absolute Gasteiger partial charge is 0.307 e. The molecule has 2 aromatic rings. The van der Waals surface area contributed by atoms with Crippen LogP contribution in [0.4, 0.5) is 19.0 Å². The number of sulfone groups is 1. The number of anilines is 1. The first kappa shape index (κ1) is 18.4. The van der Waals surface area contributed by atoms with Gasteiger partial charge in [0.25, 0.3) is 5.91 Å². The van der Waals surface area contributed by atoms with Crippen LogP contribution in [-0.4, -0.2) is 35.6 Å². The van der Waals surface area contributed by atoms with Gasteiger partial charge in [-0.15, -0.1) is 0 Å². The summed E-state index contributed by atoms with van der Waals surface area (Å²) in [7, 11) is -3.18. The highest BCUT2D eigenvalue weighted by molar-refractivity contribution is 7.91. The number of aromatic nitrogens is 2. The van der Waals surface area contributed by atoms with Gasteiger partial charge in [-0.25, -0.2) is 13.1 Å². The van der Waals surface area contributed by atoms with E-state index in [1.54, 1.807) is 6.92 Å². The molecular weight excluding hydrogens is 371 g/mol. The standard InChI is InChI=1S/C16H16F3N3O3S/c1-10-8-14(22(21-10)11-6-7-26(24,25)9-11)20-15(23)12-4-2-3-5-13(12)16(17,18)19/h2-5,8,11H,6-7,9H2,1H3,(H,20,23). The molecule has 3 rings (SSSR count). The topological polar surface area (TPSA) is 81.1 Å². The molecule has 0 saturated carbocycles. The van der Waals surface area contributed by atoms with E-state index in [2.05, 4.69) is 10.4 Å². The molecule has 0 spiro atoms. The van der Waals surface area contributed by atoms with Crippen LogP contribution in [0.25, 0.3) is 0 Å². The lowest BCUT2D eigenvalue weighted by molar-refractivity contribution is -0.137. The molecule has 0 aliphatic carbocycles. The molecule has 2 heterocycles. The third-order valence-electron chi connectivity index (χ3n) is 4.13. The number of amides is 1. The molecule has 1 atom stereocenters. The quantitative estimate of drug-likeness (QED) is 0.878. The van der Waals surface area contributed by atoms with Gasteiger partial charge in [0, 0.05) is 6.07 Å². The Morgan fingerprint density at radius 1 is 1.31 bits per heavy atom. The van der Waals surface area contributed by atoms with Gasteiger partial charge in [0.05, 0.1) is 34.4 Å². The van der Waals surface area contributed by atoms with E-state index in [1.807, 2.05) is 0 Å². The van der Waals surface area contributed by atoms with Crippen molar-refractivity contribution < 1.29 is 26.4 Å². The molecule has 0 radical (unpaired) electrons. The number of rotatable bonds is 3. The van der Waals surface area contributed by atoms with E-state index in [0.717, 1.165) is 12.1 Å². The number of hydrogen-bond donors (Lipinski definition) is 1. The number of carbonyl (C=O) groups excluding carboxylic acids is 1. The number of hydrogen-bond acceptors (Lipinski definition) is 4. The summed E-state index contributed by atoms with van der Waals surface area (Å²) in [6.07, 6.45) is -4.32. The van der Waals surface area contributed by atoms with E-state index in [-0.39, 0.29) is 17.3 Å². The number of alkyl halides is 3. The van der Waals surface area contributed by atoms with Crippen LogP contribution in [0.5, 0.6) is 0 Å². The average Bonchev–Trinajstić information content (AvgIpc) is 3.08. The number of aryl methyl sites for hydroxylation is 1. The highest BCUT2D eigenvalue weighted by Gasteiger charge is 2.35. The Kier molecular flexibility index (Phi) is 4.55. The zero-order chi connectivity index (χ0) is 19.1. The monoisotopic (exact) mass is 387 g/mol. The van der Waals surface area contributed by atoms with E-state index in [0.29, 0.717) is 12.1 Å². The first-order valence-electron chi connectivity index (χ1n) is 7.81. The predicted molar refractivity (Wildman–Crippen MR) is 88.7 cm³/mol. The van der Waals surface area contributed by atoms with Crippen molar-refractivity contribution in [3.05, 3.63) is 47.2 Å². The van der Waals surface area contributed by atoms with Gasteiger partial charge in [0.15, 0.2) is 9.84 Å². The van der Waals surface area contributed by atoms with Crippen molar-refractivity contribution in [2.24, 2.45) is 0 Å². The third kappa shape index (κ3) is 3.74. The van der Waals surface area contributed by atoms with Gasteiger partial charge in [0.1, 0.15) is 5.82 Å². The van der Waals surface area contributed by atoms with E-state index >= 15 is 0 Å². The van der Waals surface area contributed by atoms with Crippen molar-refractivity contribution in [1.29, 1.82) is 0 Å². The molecule has 0 bridgehead atoms. The molecule has 1 aliphatic rings. The van der Waals surface area contributed by atoms with Crippen LogP contribution in [-0.2, 0) is 16.0 Å². The Morgan fingerprint density at radius 3 is 2.62 bits per heavy atom. The molecule has 1 aliphatic heterocycles. The maximum Gasteiger partial charge on any atom is 0.417 e. The Labute approximate surface area is 147 Å². The number of benzene rings is 1. The van der Waals surface area contributed by atoms with E-state index in [9.17, 15) is 26.4 Å². The van der Waals surface area contributed by atoms with E-state index < -0.39 is 39.1 Å². The Bertz CT molecular complexity index is 951. The SMILES string of the molecule is Cc1cc(NC(=O)c2ccccc2C(F)(F)F)n(C2CCS(=O)(=O)C2)n1. The van der Waals surface area contributed by atoms with Crippen molar-refractivity contribution in [3.8, 4) is 0 Å². The molecule has 1 fully saturated rings. The third-order valence-corrected chi connectivity index (χ3v) is 5.88. The van der Waals surface area contributed by atoms with Gasteiger partial charge in [-0.1, -0.05) is 12.1 Å². The number of halogens is 3. The first-order chi connectivity index (χ1) is 12.1. The van der Waals surface area contributed by atoms with Gasteiger partial charge in [-0.3, -0.25) is 4.79 Å². The number of nitrogens with zero attached hydrogens (tertiary/aromatic N) is 2. The van der Waals surface area contributed by atoms with Crippen LogP contribution < -0.4 is 5.32 Å². The predicted octanol–water partition coefficient (Wildman–Crippen LogP) is 2.82. The second kappa shape index (κ2) is 6.42. The van der Waals surface area contributed by atoms with Gasteiger partial charge in [-0.05, 0) is 25.5 Å². The zero-order valence-electron chi connectivity index (χ0n) is 13.7. The van der Waals surface area contributed by atoms with Gasteiger partial charge in [0.2, 0.25) is 0 Å². The summed E-state index contributed by atoms with van der Waals surface area (Å²) in [5.74, 6) is -0.858. The fourth-order valence-corrected chi connectivity index (χ4v) is 4.66. The summed E-state index contributed by atoms with van der Waals surface area (Å²) in [5.41, 5.74) is -1.03. The minimum absolute atomic E-state index is 0.0147. The maximum atomic E-state index is 13.1. The van der Waals surface area contributed by atoms with Crippen molar-refractivity contribution >= 4 is 21.6 Å². The zero-order valence-corrected chi connectivity index (χ0v) is 14.6. The van der Waals surface area contributed by atoms with E-state index in [4.69, 9.17) is 0 Å².